The number of rotatable bonds is 6. The predicted molar refractivity (Wildman–Crippen MR) is 91.8 cm³/mol. The van der Waals surface area contributed by atoms with E-state index in [2.05, 4.69) is 20.3 Å². The maximum atomic E-state index is 12.7. The van der Waals surface area contributed by atoms with E-state index in [4.69, 9.17) is 13.7 Å². The van der Waals surface area contributed by atoms with Crippen LogP contribution in [0.4, 0.5) is 13.2 Å². The average Bonchev–Trinajstić information content (AvgIpc) is 3.26. The smallest absolute Gasteiger partial charge is 0.470 e. The summed E-state index contributed by atoms with van der Waals surface area (Å²) >= 11 is 0. The van der Waals surface area contributed by atoms with E-state index < -0.39 is 18.0 Å². The summed E-state index contributed by atoms with van der Waals surface area (Å²) in [5.74, 6) is -0.321. The molecule has 0 amide bonds. The molecule has 3 aromatic rings. The van der Waals surface area contributed by atoms with Gasteiger partial charge < -0.3 is 13.7 Å². The predicted octanol–water partition coefficient (Wildman–Crippen LogP) is 4.64. The second-order valence-corrected chi connectivity index (χ2v) is 6.44. The summed E-state index contributed by atoms with van der Waals surface area (Å²) in [4.78, 5) is 4.20. The Labute approximate surface area is 158 Å². The molecule has 2 aromatic heterocycles. The summed E-state index contributed by atoms with van der Waals surface area (Å²) in [6.07, 6.45) is -4.18. The zero-order chi connectivity index (χ0) is 20.5. The van der Waals surface area contributed by atoms with Crippen molar-refractivity contribution in [3.8, 4) is 17.1 Å². The molecule has 1 aromatic carbocycles. The van der Waals surface area contributed by atoms with Gasteiger partial charge in [0.2, 0.25) is 17.6 Å². The third kappa shape index (κ3) is 4.15. The summed E-state index contributed by atoms with van der Waals surface area (Å²) in [6.45, 7) is 7.37. The molecule has 3 rings (SSSR count). The van der Waals surface area contributed by atoms with E-state index in [1.165, 1.54) is 0 Å². The van der Waals surface area contributed by atoms with E-state index in [-0.39, 0.29) is 12.5 Å². The van der Waals surface area contributed by atoms with Crippen molar-refractivity contribution < 1.29 is 26.8 Å². The van der Waals surface area contributed by atoms with Gasteiger partial charge in [0, 0.05) is 12.5 Å². The van der Waals surface area contributed by atoms with Crippen molar-refractivity contribution in [2.45, 2.75) is 46.2 Å². The second kappa shape index (κ2) is 7.61. The molecule has 0 aliphatic heterocycles. The third-order valence-electron chi connectivity index (χ3n) is 4.20. The normalized spacial score (nSPS) is 13.0. The minimum absolute atomic E-state index is 0.0935. The van der Waals surface area contributed by atoms with Crippen LogP contribution < -0.4 is 4.74 Å². The van der Waals surface area contributed by atoms with Gasteiger partial charge in [-0.3, -0.25) is 0 Å². The molecule has 0 aliphatic rings. The van der Waals surface area contributed by atoms with Gasteiger partial charge in [-0.25, -0.2) is 0 Å². The lowest BCUT2D eigenvalue weighted by Gasteiger charge is -2.16. The van der Waals surface area contributed by atoms with Gasteiger partial charge in [0.05, 0.1) is 12.5 Å². The summed E-state index contributed by atoms with van der Waals surface area (Å²) in [7, 11) is 0. The van der Waals surface area contributed by atoms with Crippen molar-refractivity contribution >= 4 is 0 Å². The van der Waals surface area contributed by atoms with E-state index >= 15 is 0 Å². The van der Waals surface area contributed by atoms with Crippen LogP contribution in [-0.2, 0) is 6.18 Å². The fraction of sp³-hybridized carbons (Fsp3) is 0.444. The molecule has 0 N–H and O–H groups in total. The van der Waals surface area contributed by atoms with Crippen molar-refractivity contribution in [3.63, 3.8) is 0 Å². The highest BCUT2D eigenvalue weighted by Gasteiger charge is 2.38. The van der Waals surface area contributed by atoms with Crippen LogP contribution in [0.5, 0.6) is 5.75 Å². The number of aryl methyl sites for hydroxylation is 3. The first-order chi connectivity index (χ1) is 13.2. The van der Waals surface area contributed by atoms with Crippen molar-refractivity contribution in [3.05, 3.63) is 40.9 Å². The molecular formula is C18H19F3N4O3. The Morgan fingerprint density at radius 2 is 1.79 bits per heavy atom. The van der Waals surface area contributed by atoms with Gasteiger partial charge in [0.15, 0.2) is 0 Å². The van der Waals surface area contributed by atoms with E-state index in [1.807, 2.05) is 32.9 Å². The summed E-state index contributed by atoms with van der Waals surface area (Å²) < 4.78 is 53.6. The Balaban J connectivity index is 1.76. The molecule has 0 bridgehead atoms. The largest absolute Gasteiger partial charge is 0.492 e. The Morgan fingerprint density at radius 3 is 2.29 bits per heavy atom. The molecule has 2 heterocycles. The Hall–Kier alpha value is -2.91. The Morgan fingerprint density at radius 1 is 1.11 bits per heavy atom. The summed E-state index contributed by atoms with van der Waals surface area (Å²) in [5, 5.41) is 10.5. The van der Waals surface area contributed by atoms with Crippen LogP contribution in [0.15, 0.2) is 21.1 Å². The Kier molecular flexibility index (Phi) is 5.39. The van der Waals surface area contributed by atoms with Gasteiger partial charge in [-0.15, -0.1) is 10.2 Å². The van der Waals surface area contributed by atoms with Gasteiger partial charge in [0.25, 0.3) is 0 Å². The van der Waals surface area contributed by atoms with Crippen LogP contribution in [-0.4, -0.2) is 26.9 Å². The maximum absolute atomic E-state index is 12.7. The minimum Gasteiger partial charge on any atom is -0.492 e. The lowest BCUT2D eigenvalue weighted by Crippen LogP contribution is -2.11. The molecule has 0 saturated heterocycles. The fourth-order valence-corrected chi connectivity index (χ4v) is 2.79. The first-order valence-corrected chi connectivity index (χ1v) is 8.64. The quantitative estimate of drug-likeness (QED) is 0.600. The number of halogens is 3. The lowest BCUT2D eigenvalue weighted by atomic mass is 10.0. The monoisotopic (exact) mass is 396 g/mol. The van der Waals surface area contributed by atoms with E-state index in [0.717, 1.165) is 16.7 Å². The molecule has 0 fully saturated rings. The first-order valence-electron chi connectivity index (χ1n) is 8.64. The van der Waals surface area contributed by atoms with Crippen LogP contribution in [0, 0.1) is 20.8 Å². The molecule has 1 unspecified atom stereocenters. The second-order valence-electron chi connectivity index (χ2n) is 6.44. The van der Waals surface area contributed by atoms with Crippen molar-refractivity contribution in [1.29, 1.82) is 0 Å². The van der Waals surface area contributed by atoms with Gasteiger partial charge in [-0.05, 0) is 43.5 Å². The van der Waals surface area contributed by atoms with Crippen LogP contribution in [0.1, 0.15) is 48.1 Å². The highest BCUT2D eigenvalue weighted by molar-refractivity contribution is 5.60. The molecule has 0 radical (unpaired) electrons. The summed E-state index contributed by atoms with van der Waals surface area (Å²) in [6, 6.07) is 3.73. The number of ether oxygens (including phenoxy) is 1. The highest BCUT2D eigenvalue weighted by Crippen LogP contribution is 2.32. The van der Waals surface area contributed by atoms with Gasteiger partial charge in [-0.1, -0.05) is 12.1 Å². The molecule has 10 heteroatoms. The molecule has 28 heavy (non-hydrogen) atoms. The topological polar surface area (TPSA) is 87.1 Å². The molecule has 0 spiro atoms. The highest BCUT2D eigenvalue weighted by atomic mass is 19.4. The van der Waals surface area contributed by atoms with E-state index in [0.29, 0.717) is 23.9 Å². The number of benzene rings is 1. The van der Waals surface area contributed by atoms with Crippen molar-refractivity contribution in [2.24, 2.45) is 0 Å². The van der Waals surface area contributed by atoms with Crippen LogP contribution in [0.3, 0.4) is 0 Å². The number of hydrogen-bond acceptors (Lipinski definition) is 7. The van der Waals surface area contributed by atoms with Gasteiger partial charge in [0.1, 0.15) is 5.75 Å². The van der Waals surface area contributed by atoms with Crippen LogP contribution in [0.25, 0.3) is 11.4 Å². The molecule has 150 valence electrons. The number of nitrogens with zero attached hydrogens (tertiary/aromatic N) is 4. The maximum Gasteiger partial charge on any atom is 0.470 e. The fourth-order valence-electron chi connectivity index (χ4n) is 2.79. The molecule has 0 aliphatic carbocycles. The molecule has 1 atom stereocenters. The number of hydrogen-bond donors (Lipinski definition) is 0. The molecule has 7 nitrogen and oxygen atoms in total. The SMILES string of the molecule is CCC(COc1c(C)cc(-c2noc(C)n2)cc1C)c1nnc(C(F)(F)F)o1. The minimum atomic E-state index is -4.67. The average molecular weight is 396 g/mol. The van der Waals surface area contributed by atoms with Crippen molar-refractivity contribution in [2.75, 3.05) is 6.61 Å². The zero-order valence-electron chi connectivity index (χ0n) is 15.8. The number of alkyl halides is 3. The first kappa shape index (κ1) is 19.8. The van der Waals surface area contributed by atoms with Crippen molar-refractivity contribution in [1.82, 2.24) is 20.3 Å². The third-order valence-corrected chi connectivity index (χ3v) is 4.20. The van der Waals surface area contributed by atoms with Crippen LogP contribution in [0.2, 0.25) is 0 Å². The van der Waals surface area contributed by atoms with Crippen LogP contribution >= 0.6 is 0 Å². The van der Waals surface area contributed by atoms with E-state index in [9.17, 15) is 13.2 Å². The van der Waals surface area contributed by atoms with Gasteiger partial charge in [-0.2, -0.15) is 18.2 Å². The standard InChI is InChI=1S/C18H19F3N4O3/c1-5-12(16-23-24-17(27-16)18(19,20)21)8-26-14-9(2)6-13(7-10(14)3)15-22-11(4)28-25-15/h6-7,12H,5,8H2,1-4H3. The molecular weight excluding hydrogens is 377 g/mol. The van der Waals surface area contributed by atoms with E-state index in [1.54, 1.807) is 6.92 Å². The molecule has 0 saturated carbocycles. The van der Waals surface area contributed by atoms with Gasteiger partial charge >= 0.3 is 12.1 Å². The number of aromatic nitrogens is 4. The lowest BCUT2D eigenvalue weighted by molar-refractivity contribution is -0.157. The Bertz CT molecular complexity index is 942. The summed E-state index contributed by atoms with van der Waals surface area (Å²) in [5.41, 5.74) is 2.47. The zero-order valence-corrected chi connectivity index (χ0v) is 15.8.